The van der Waals surface area contributed by atoms with Gasteiger partial charge in [0.25, 0.3) is 0 Å². The second kappa shape index (κ2) is 16.3. The van der Waals surface area contributed by atoms with Crippen LogP contribution in [0.4, 0.5) is 0 Å². The largest absolute Gasteiger partial charge is 0.808 e. The highest BCUT2D eigenvalue weighted by atomic mass is 35.5. The highest BCUT2D eigenvalue weighted by molar-refractivity contribution is 7.52. The molecule has 0 spiro atoms. The highest BCUT2D eigenvalue weighted by Crippen LogP contribution is 2.50. The van der Waals surface area contributed by atoms with Crippen molar-refractivity contribution >= 4 is 59.6 Å². The lowest BCUT2D eigenvalue weighted by Gasteiger charge is -2.27. The summed E-state index contributed by atoms with van der Waals surface area (Å²) in [6, 6.07) is 29.4. The predicted octanol–water partition coefficient (Wildman–Crippen LogP) is 6.29. The van der Waals surface area contributed by atoms with Gasteiger partial charge in [0.1, 0.15) is 22.9 Å². The van der Waals surface area contributed by atoms with Gasteiger partial charge in [0, 0.05) is 16.7 Å². The maximum Gasteiger partial charge on any atom is 0.145 e. The van der Waals surface area contributed by atoms with Gasteiger partial charge in [0.05, 0.1) is 15.1 Å². The molecule has 7 N–H and O–H groups in total. The van der Waals surface area contributed by atoms with E-state index >= 15 is 0 Å². The van der Waals surface area contributed by atoms with E-state index in [2.05, 4.69) is 49.6 Å². The van der Waals surface area contributed by atoms with Gasteiger partial charge >= 0.3 is 0 Å². The van der Waals surface area contributed by atoms with Crippen LogP contribution in [0.3, 0.4) is 0 Å². The van der Waals surface area contributed by atoms with Crippen LogP contribution in [0.5, 0.6) is 5.75 Å². The van der Waals surface area contributed by atoms with Crippen molar-refractivity contribution in [3.8, 4) is 5.75 Å². The van der Waals surface area contributed by atoms with Crippen molar-refractivity contribution in [3.63, 3.8) is 0 Å². The first kappa shape index (κ1) is 34.8. The third-order valence-corrected chi connectivity index (χ3v) is 7.99. The Balaban J connectivity index is 0.000000265. The Bertz CT molecular complexity index is 1410. The van der Waals surface area contributed by atoms with E-state index in [0.717, 1.165) is 0 Å². The molecule has 0 aromatic heterocycles. The Morgan fingerprint density at radius 2 is 1.07 bits per heavy atom. The molecule has 0 fully saturated rings. The van der Waals surface area contributed by atoms with Crippen LogP contribution in [0.2, 0.25) is 20.1 Å². The fraction of sp³-hybridized carbons (Fsp3) is 0.133. The van der Waals surface area contributed by atoms with E-state index in [0.29, 0.717) is 23.5 Å². The molecule has 218 valence electrons. The van der Waals surface area contributed by atoms with E-state index in [4.69, 9.17) is 46.4 Å². The van der Waals surface area contributed by atoms with Crippen LogP contribution in [-0.2, 0) is 4.57 Å². The minimum atomic E-state index is -5.09. The summed E-state index contributed by atoms with van der Waals surface area (Å²) >= 11 is 23.8. The lowest BCUT2D eigenvalue weighted by atomic mass is 9.98. The molecule has 0 radical (unpaired) electrons. The highest BCUT2D eigenvalue weighted by Gasteiger charge is 2.23. The summed E-state index contributed by atoms with van der Waals surface area (Å²) in [6.07, 6.45) is 0. The van der Waals surface area contributed by atoms with Crippen LogP contribution in [0.15, 0.2) is 96.8 Å². The molecule has 0 bridgehead atoms. The topological polar surface area (TPSA) is 139 Å². The molecule has 0 aliphatic carbocycles. The number of hydrogen-bond donors (Lipinski definition) is 3. The zero-order valence-corrected chi connectivity index (χ0v) is 26.4. The number of quaternary nitrogens is 2. The molecule has 6 nitrogen and oxygen atoms in total. The summed E-state index contributed by atoms with van der Waals surface area (Å²) in [5.74, 6) is -0.112. The molecular formula is C30H31Cl4N2O4P. The van der Waals surface area contributed by atoms with E-state index in [1.54, 1.807) is 18.2 Å². The van der Waals surface area contributed by atoms with Gasteiger partial charge < -0.3 is 30.9 Å². The third-order valence-electron chi connectivity index (χ3n) is 5.62. The van der Waals surface area contributed by atoms with Crippen molar-refractivity contribution in [2.75, 3.05) is 0 Å². The van der Waals surface area contributed by atoms with Crippen molar-refractivity contribution in [2.45, 2.75) is 25.9 Å². The van der Waals surface area contributed by atoms with Crippen LogP contribution in [0.25, 0.3) is 5.57 Å². The van der Waals surface area contributed by atoms with Crippen LogP contribution in [0, 0.1) is 0 Å². The SMILES string of the molecule is CC([NH3+])c1ccccc1.CC([NH3+])c1ccccc1.O=P([O-])([O-])C=C(c1ccccc1)c1c(O)c(Cl)c(Cl)c(Cl)c1Cl. The Morgan fingerprint density at radius 1 is 0.707 bits per heavy atom. The molecule has 11 heteroatoms. The van der Waals surface area contributed by atoms with Crippen molar-refractivity contribution in [3.05, 3.63) is 139 Å². The van der Waals surface area contributed by atoms with Gasteiger partial charge in [-0.3, -0.25) is 0 Å². The Hall–Kier alpha value is -2.35. The third kappa shape index (κ3) is 10.8. The van der Waals surface area contributed by atoms with E-state index in [1.807, 2.05) is 36.4 Å². The first-order valence-corrected chi connectivity index (χ1v) is 15.5. The smallest absolute Gasteiger partial charge is 0.145 e. The quantitative estimate of drug-likeness (QED) is 0.132. The molecule has 4 aromatic rings. The van der Waals surface area contributed by atoms with Crippen LogP contribution in [0.1, 0.15) is 48.2 Å². The average molecular weight is 656 g/mol. The molecular weight excluding hydrogens is 625 g/mol. The first-order valence-electron chi connectivity index (χ1n) is 12.4. The normalized spacial score (nSPS) is 12.8. The molecule has 0 heterocycles. The van der Waals surface area contributed by atoms with Gasteiger partial charge in [-0.2, -0.15) is 0 Å². The van der Waals surface area contributed by atoms with E-state index in [1.165, 1.54) is 23.3 Å². The average Bonchev–Trinajstić information content (AvgIpc) is 2.96. The lowest BCUT2D eigenvalue weighted by molar-refractivity contribution is -0.420. The van der Waals surface area contributed by atoms with Gasteiger partial charge in [-0.15, -0.1) is 0 Å². The molecule has 0 amide bonds. The summed E-state index contributed by atoms with van der Waals surface area (Å²) in [5.41, 5.74) is 10.4. The van der Waals surface area contributed by atoms with Crippen molar-refractivity contribution in [1.29, 1.82) is 0 Å². The maximum absolute atomic E-state index is 11.2. The van der Waals surface area contributed by atoms with Crippen molar-refractivity contribution < 1.29 is 30.9 Å². The Kier molecular flexibility index (Phi) is 13.9. The predicted molar refractivity (Wildman–Crippen MR) is 165 cm³/mol. The van der Waals surface area contributed by atoms with Crippen LogP contribution >= 0.6 is 54.0 Å². The summed E-state index contributed by atoms with van der Waals surface area (Å²) in [4.78, 5) is 22.5. The van der Waals surface area contributed by atoms with Gasteiger partial charge in [-0.25, -0.2) is 0 Å². The number of phenols is 1. The molecule has 4 aromatic carbocycles. The fourth-order valence-corrected chi connectivity index (χ4v) is 5.03. The molecule has 4 rings (SSSR count). The summed E-state index contributed by atoms with van der Waals surface area (Å²) in [6.45, 7) is 4.19. The number of hydrogen-bond acceptors (Lipinski definition) is 4. The Morgan fingerprint density at radius 3 is 1.41 bits per heavy atom. The summed E-state index contributed by atoms with van der Waals surface area (Å²) < 4.78 is 11.2. The number of aromatic hydroxyl groups is 1. The van der Waals surface area contributed by atoms with Crippen molar-refractivity contribution in [1.82, 2.24) is 0 Å². The van der Waals surface area contributed by atoms with Crippen LogP contribution < -0.4 is 21.3 Å². The summed E-state index contributed by atoms with van der Waals surface area (Å²) in [7, 11) is -5.09. The fourth-order valence-electron chi connectivity index (χ4n) is 3.49. The van der Waals surface area contributed by atoms with Gasteiger partial charge in [-0.05, 0) is 38.4 Å². The molecule has 0 aliphatic rings. The van der Waals surface area contributed by atoms with Gasteiger partial charge in [0.2, 0.25) is 0 Å². The minimum absolute atomic E-state index is 0.137. The maximum atomic E-state index is 11.2. The Labute approximate surface area is 260 Å². The van der Waals surface area contributed by atoms with E-state index in [-0.39, 0.29) is 31.2 Å². The lowest BCUT2D eigenvalue weighted by Crippen LogP contribution is -2.51. The summed E-state index contributed by atoms with van der Waals surface area (Å²) in [5, 5.41) is 9.35. The molecule has 0 saturated heterocycles. The zero-order chi connectivity index (χ0) is 30.7. The van der Waals surface area contributed by atoms with E-state index < -0.39 is 13.3 Å². The monoisotopic (exact) mass is 654 g/mol. The second-order valence-corrected chi connectivity index (χ2v) is 11.9. The van der Waals surface area contributed by atoms with E-state index in [9.17, 15) is 19.5 Å². The molecule has 0 aliphatic heterocycles. The van der Waals surface area contributed by atoms with Crippen LogP contribution in [-0.4, -0.2) is 5.11 Å². The number of benzene rings is 4. The first-order chi connectivity index (χ1) is 19.2. The van der Waals surface area contributed by atoms with Crippen molar-refractivity contribution in [2.24, 2.45) is 0 Å². The zero-order valence-electron chi connectivity index (χ0n) is 22.4. The number of rotatable bonds is 5. The van der Waals surface area contributed by atoms with Gasteiger partial charge in [-0.1, -0.05) is 137 Å². The number of phenolic OH excluding ortho intramolecular Hbond substituents is 1. The molecule has 2 unspecified atom stereocenters. The van der Waals surface area contributed by atoms with Gasteiger partial charge in [0.15, 0.2) is 0 Å². The molecule has 0 saturated carbocycles. The minimum Gasteiger partial charge on any atom is -0.808 e. The second-order valence-electron chi connectivity index (χ2n) is 9.05. The number of halogens is 4. The standard InChI is InChI=1S/C14H9Cl4O4P.2C8H11N/c15-10-9(14(19)13(18)12(17)11(10)16)8(6-23(20,21)22)7-4-2-1-3-5-7;2*1-7(9)8-5-3-2-4-6-8/h1-6,19H,(H2,20,21,22);2*2-7H,9H2,1H3. The molecule has 2 atom stereocenters. The molecule has 41 heavy (non-hydrogen) atoms.